The van der Waals surface area contributed by atoms with Crippen LogP contribution in [0.1, 0.15) is 18.9 Å². The number of thioether (sulfide) groups is 1. The van der Waals surface area contributed by atoms with Gasteiger partial charge in [0.15, 0.2) is 9.84 Å². The average Bonchev–Trinajstić information content (AvgIpc) is 2.66. The molecule has 0 aliphatic carbocycles. The maximum atomic E-state index is 12.5. The number of nitrogens with zero attached hydrogens (tertiary/aromatic N) is 1. The maximum Gasteiger partial charge on any atom is 0.237 e. The van der Waals surface area contributed by atoms with Crippen LogP contribution in [0, 0.1) is 0 Å². The summed E-state index contributed by atoms with van der Waals surface area (Å²) >= 11 is 1.39. The lowest BCUT2D eigenvalue weighted by atomic mass is 10.3. The molecule has 1 aromatic heterocycles. The van der Waals surface area contributed by atoms with Gasteiger partial charge >= 0.3 is 0 Å². The molecule has 0 radical (unpaired) electrons. The predicted molar refractivity (Wildman–Crippen MR) is 103 cm³/mol. The second-order valence-corrected chi connectivity index (χ2v) is 9.61. The van der Waals surface area contributed by atoms with Gasteiger partial charge in [0.2, 0.25) is 11.8 Å². The molecule has 2 amide bonds. The summed E-state index contributed by atoms with van der Waals surface area (Å²) in [5, 5.41) is 5.18. The van der Waals surface area contributed by atoms with E-state index in [2.05, 4.69) is 15.6 Å². The molecule has 0 unspecified atom stereocenters. The quantitative estimate of drug-likeness (QED) is 0.762. The summed E-state index contributed by atoms with van der Waals surface area (Å²) in [4.78, 5) is 28.6. The monoisotopic (exact) mass is 405 g/mol. The lowest BCUT2D eigenvalue weighted by Crippen LogP contribution is -2.27. The normalized spacial score (nSPS) is 16.3. The summed E-state index contributed by atoms with van der Waals surface area (Å²) in [5.74, 6) is -0.808. The Kier molecular flexibility index (Phi) is 5.81. The third-order valence-corrected chi connectivity index (χ3v) is 6.94. The number of sulfone groups is 1. The van der Waals surface area contributed by atoms with Gasteiger partial charge in [-0.1, -0.05) is 6.07 Å². The molecular weight excluding hydrogens is 386 g/mol. The Morgan fingerprint density at radius 3 is 2.89 bits per heavy atom. The maximum absolute atomic E-state index is 12.5. The second kappa shape index (κ2) is 8.10. The summed E-state index contributed by atoms with van der Waals surface area (Å²) in [6.45, 7) is 2.09. The molecule has 2 N–H and O–H groups in total. The molecule has 1 aromatic carbocycles. The van der Waals surface area contributed by atoms with E-state index in [0.29, 0.717) is 12.2 Å². The van der Waals surface area contributed by atoms with E-state index in [1.165, 1.54) is 23.9 Å². The first kappa shape index (κ1) is 19.4. The number of anilines is 1. The van der Waals surface area contributed by atoms with Crippen LogP contribution in [0.5, 0.6) is 0 Å². The van der Waals surface area contributed by atoms with Crippen molar-refractivity contribution in [3.8, 4) is 0 Å². The number of aromatic nitrogens is 1. The van der Waals surface area contributed by atoms with E-state index < -0.39 is 9.84 Å². The van der Waals surface area contributed by atoms with Crippen LogP contribution >= 0.6 is 11.8 Å². The third-order valence-electron chi connectivity index (χ3n) is 4.05. The van der Waals surface area contributed by atoms with Crippen molar-refractivity contribution >= 4 is 39.1 Å². The number of hydrogen-bond acceptors (Lipinski definition) is 6. The first-order chi connectivity index (χ1) is 12.8. The zero-order valence-corrected chi connectivity index (χ0v) is 16.3. The van der Waals surface area contributed by atoms with Gasteiger partial charge in [-0.25, -0.2) is 8.42 Å². The van der Waals surface area contributed by atoms with Crippen LogP contribution in [-0.2, 0) is 26.0 Å². The molecule has 1 aliphatic heterocycles. The zero-order valence-electron chi connectivity index (χ0n) is 14.6. The lowest BCUT2D eigenvalue weighted by molar-refractivity contribution is -0.121. The van der Waals surface area contributed by atoms with E-state index >= 15 is 0 Å². The van der Waals surface area contributed by atoms with Gasteiger partial charge in [0.1, 0.15) is 0 Å². The first-order valence-corrected chi connectivity index (χ1v) is 10.9. The Labute approximate surface area is 161 Å². The van der Waals surface area contributed by atoms with Crippen molar-refractivity contribution in [3.05, 3.63) is 48.3 Å². The summed E-state index contributed by atoms with van der Waals surface area (Å²) in [6, 6.07) is 8.24. The molecule has 0 fully saturated rings. The van der Waals surface area contributed by atoms with Gasteiger partial charge in [-0.05, 0) is 36.8 Å². The third kappa shape index (κ3) is 4.86. The van der Waals surface area contributed by atoms with Gasteiger partial charge in [0, 0.05) is 30.3 Å². The Morgan fingerprint density at radius 2 is 2.15 bits per heavy atom. The highest BCUT2D eigenvalue weighted by atomic mass is 32.2. The minimum Gasteiger partial charge on any atom is -0.352 e. The highest BCUT2D eigenvalue weighted by Crippen LogP contribution is 2.36. The molecule has 7 nitrogen and oxygen atoms in total. The molecule has 0 spiro atoms. The van der Waals surface area contributed by atoms with Crippen LogP contribution in [0.2, 0.25) is 0 Å². The standard InChI is InChI=1S/C18H19N3O4S2/c1-12-18(23)21-15-9-14(4-5-16(15)26-12)27(24,25)8-6-17(22)20-11-13-3-2-7-19-10-13/h2-5,7,9-10,12H,6,8,11H2,1H3,(H,20,22)(H,21,23)/t12-/m0/s1. The molecule has 1 atom stereocenters. The smallest absolute Gasteiger partial charge is 0.237 e. The van der Waals surface area contributed by atoms with E-state index in [1.54, 1.807) is 31.5 Å². The highest BCUT2D eigenvalue weighted by Gasteiger charge is 2.25. The molecule has 3 rings (SSSR count). The lowest BCUT2D eigenvalue weighted by Gasteiger charge is -2.21. The van der Waals surface area contributed by atoms with Crippen molar-refractivity contribution in [2.75, 3.05) is 11.1 Å². The summed E-state index contributed by atoms with van der Waals surface area (Å²) in [5.41, 5.74) is 1.33. The van der Waals surface area contributed by atoms with Gasteiger partial charge < -0.3 is 10.6 Å². The number of hydrogen-bond donors (Lipinski definition) is 2. The zero-order chi connectivity index (χ0) is 19.4. The topological polar surface area (TPSA) is 105 Å². The van der Waals surface area contributed by atoms with Gasteiger partial charge in [-0.2, -0.15) is 0 Å². The van der Waals surface area contributed by atoms with Gasteiger partial charge in [-0.15, -0.1) is 11.8 Å². The number of nitrogens with one attached hydrogen (secondary N) is 2. The van der Waals surface area contributed by atoms with Crippen molar-refractivity contribution < 1.29 is 18.0 Å². The van der Waals surface area contributed by atoms with Crippen LogP contribution in [0.3, 0.4) is 0 Å². The molecule has 0 saturated heterocycles. The molecule has 2 aromatic rings. The van der Waals surface area contributed by atoms with Crippen LogP contribution in [0.25, 0.3) is 0 Å². The number of rotatable bonds is 6. The van der Waals surface area contributed by atoms with Gasteiger partial charge in [-0.3, -0.25) is 14.6 Å². The van der Waals surface area contributed by atoms with Gasteiger partial charge in [0.25, 0.3) is 0 Å². The number of fused-ring (bicyclic) bond motifs is 1. The Bertz CT molecular complexity index is 962. The largest absolute Gasteiger partial charge is 0.352 e. The molecule has 0 saturated carbocycles. The molecule has 9 heteroatoms. The van der Waals surface area contributed by atoms with Crippen LogP contribution in [0.4, 0.5) is 5.69 Å². The Morgan fingerprint density at radius 1 is 1.33 bits per heavy atom. The average molecular weight is 406 g/mol. The van der Waals surface area contributed by atoms with Crippen molar-refractivity contribution in [2.45, 2.75) is 34.9 Å². The van der Waals surface area contributed by atoms with Gasteiger partial charge in [0.05, 0.1) is 21.6 Å². The first-order valence-electron chi connectivity index (χ1n) is 8.35. The number of amides is 2. The van der Waals surface area contributed by atoms with Crippen LogP contribution < -0.4 is 10.6 Å². The van der Waals surface area contributed by atoms with E-state index in [-0.39, 0.29) is 34.1 Å². The van der Waals surface area contributed by atoms with Crippen molar-refractivity contribution in [3.63, 3.8) is 0 Å². The predicted octanol–water partition coefficient (Wildman–Crippen LogP) is 1.99. The Hall–Kier alpha value is -2.39. The van der Waals surface area contributed by atoms with E-state index in [4.69, 9.17) is 0 Å². The molecule has 1 aliphatic rings. The highest BCUT2D eigenvalue weighted by molar-refractivity contribution is 8.01. The summed E-state index contributed by atoms with van der Waals surface area (Å²) < 4.78 is 25.1. The summed E-state index contributed by atoms with van der Waals surface area (Å²) in [6.07, 6.45) is 3.13. The number of carbonyl (C=O) groups excluding carboxylic acids is 2. The van der Waals surface area contributed by atoms with Crippen molar-refractivity contribution in [2.24, 2.45) is 0 Å². The Balaban J connectivity index is 1.61. The minimum absolute atomic E-state index is 0.0942. The van der Waals surface area contributed by atoms with Crippen LogP contribution in [-0.4, -0.2) is 36.2 Å². The van der Waals surface area contributed by atoms with Crippen molar-refractivity contribution in [1.82, 2.24) is 10.3 Å². The van der Waals surface area contributed by atoms with E-state index in [9.17, 15) is 18.0 Å². The number of pyridine rings is 1. The summed E-state index contributed by atoms with van der Waals surface area (Å²) in [7, 11) is -3.64. The molecule has 2 heterocycles. The van der Waals surface area contributed by atoms with E-state index in [1.807, 2.05) is 6.07 Å². The van der Waals surface area contributed by atoms with E-state index in [0.717, 1.165) is 10.5 Å². The fourth-order valence-electron chi connectivity index (χ4n) is 2.52. The van der Waals surface area contributed by atoms with Crippen LogP contribution in [0.15, 0.2) is 52.5 Å². The van der Waals surface area contributed by atoms with Crippen molar-refractivity contribution in [1.29, 1.82) is 0 Å². The number of carbonyl (C=O) groups is 2. The fraction of sp³-hybridized carbons (Fsp3) is 0.278. The minimum atomic E-state index is -3.64. The SMILES string of the molecule is C[C@@H]1Sc2ccc(S(=O)(=O)CCC(=O)NCc3cccnc3)cc2NC1=O. The molecule has 27 heavy (non-hydrogen) atoms. The second-order valence-electron chi connectivity index (χ2n) is 6.11. The molecular formula is C18H19N3O4S2. The molecule has 142 valence electrons. The molecule has 0 bridgehead atoms. The number of benzene rings is 1. The fourth-order valence-corrected chi connectivity index (χ4v) is 4.71.